The highest BCUT2D eigenvalue weighted by atomic mass is 16.5. The zero-order valence-corrected chi connectivity index (χ0v) is 11.2. The van der Waals surface area contributed by atoms with Gasteiger partial charge < -0.3 is 15.2 Å². The zero-order valence-electron chi connectivity index (χ0n) is 11.2. The number of rotatable bonds is 5. The number of carbonyl (C=O) groups is 1. The van der Waals surface area contributed by atoms with Crippen molar-refractivity contribution in [3.8, 4) is 0 Å². The van der Waals surface area contributed by atoms with Crippen molar-refractivity contribution in [2.45, 2.75) is 26.4 Å². The Morgan fingerprint density at radius 1 is 1.53 bits per heavy atom. The number of nitrogens with zero attached hydrogens (tertiary/aromatic N) is 2. The van der Waals surface area contributed by atoms with Crippen molar-refractivity contribution in [3.05, 3.63) is 18.1 Å². The fourth-order valence-electron chi connectivity index (χ4n) is 2.38. The Balaban J connectivity index is 1.90. The lowest BCUT2D eigenvalue weighted by Crippen LogP contribution is -2.28. The van der Waals surface area contributed by atoms with E-state index in [-0.39, 0.29) is 11.8 Å². The Morgan fingerprint density at radius 3 is 2.89 bits per heavy atom. The molecular formula is C13H19N3O3. The van der Waals surface area contributed by atoms with Crippen LogP contribution in [0.2, 0.25) is 0 Å². The van der Waals surface area contributed by atoms with E-state index < -0.39 is 5.97 Å². The lowest BCUT2D eigenvalue weighted by Gasteiger charge is -2.22. The molecule has 2 unspecified atom stereocenters. The molecule has 0 amide bonds. The standard InChI is InChI=1S/C13H19N3O3/c1-8(2)12-9(3-4-19-12)5-15-11-7-14-10(6-16-11)13(17)18/h6-9,12H,3-5H2,1-2H3,(H,15,16)(H,17,18). The summed E-state index contributed by atoms with van der Waals surface area (Å²) in [6.07, 6.45) is 4.02. The van der Waals surface area contributed by atoms with Crippen LogP contribution in [0, 0.1) is 11.8 Å². The van der Waals surface area contributed by atoms with Gasteiger partial charge in [0.1, 0.15) is 5.82 Å². The summed E-state index contributed by atoms with van der Waals surface area (Å²) < 4.78 is 5.71. The van der Waals surface area contributed by atoms with E-state index in [9.17, 15) is 4.79 Å². The van der Waals surface area contributed by atoms with Crippen LogP contribution in [-0.2, 0) is 4.74 Å². The van der Waals surface area contributed by atoms with Gasteiger partial charge in [-0.1, -0.05) is 13.8 Å². The molecule has 0 aliphatic carbocycles. The van der Waals surface area contributed by atoms with Crippen LogP contribution >= 0.6 is 0 Å². The SMILES string of the molecule is CC(C)C1OCCC1CNc1cnc(C(=O)O)cn1. The molecule has 0 bridgehead atoms. The van der Waals surface area contributed by atoms with Crippen molar-refractivity contribution >= 4 is 11.8 Å². The Hall–Kier alpha value is -1.69. The number of hydrogen-bond donors (Lipinski definition) is 2. The summed E-state index contributed by atoms with van der Waals surface area (Å²) in [6, 6.07) is 0. The number of aromatic nitrogens is 2. The van der Waals surface area contributed by atoms with Crippen LogP contribution in [0.4, 0.5) is 5.82 Å². The van der Waals surface area contributed by atoms with E-state index >= 15 is 0 Å². The molecule has 0 saturated carbocycles. The van der Waals surface area contributed by atoms with E-state index in [4.69, 9.17) is 9.84 Å². The second-order valence-electron chi connectivity index (χ2n) is 5.10. The van der Waals surface area contributed by atoms with Crippen molar-refractivity contribution in [1.82, 2.24) is 9.97 Å². The average Bonchev–Trinajstić information content (AvgIpc) is 2.85. The van der Waals surface area contributed by atoms with Gasteiger partial charge >= 0.3 is 5.97 Å². The predicted octanol–water partition coefficient (Wildman–Crippen LogP) is 1.65. The third kappa shape index (κ3) is 3.41. The lowest BCUT2D eigenvalue weighted by atomic mass is 9.93. The predicted molar refractivity (Wildman–Crippen MR) is 70.2 cm³/mol. The van der Waals surface area contributed by atoms with Gasteiger partial charge in [-0.15, -0.1) is 0 Å². The second kappa shape index (κ2) is 5.97. The summed E-state index contributed by atoms with van der Waals surface area (Å²) in [5, 5.41) is 11.9. The molecule has 1 fully saturated rings. The van der Waals surface area contributed by atoms with E-state index in [2.05, 4.69) is 29.1 Å². The van der Waals surface area contributed by atoms with Crippen molar-refractivity contribution in [1.29, 1.82) is 0 Å². The Bertz CT molecular complexity index is 433. The van der Waals surface area contributed by atoms with Crippen molar-refractivity contribution in [3.63, 3.8) is 0 Å². The summed E-state index contributed by atoms with van der Waals surface area (Å²) in [5.41, 5.74) is -0.0465. The molecule has 0 aromatic carbocycles. The number of hydrogen-bond acceptors (Lipinski definition) is 5. The van der Waals surface area contributed by atoms with Gasteiger partial charge in [-0.3, -0.25) is 0 Å². The van der Waals surface area contributed by atoms with Gasteiger partial charge in [0, 0.05) is 19.1 Å². The van der Waals surface area contributed by atoms with Gasteiger partial charge in [0.15, 0.2) is 5.69 Å². The highest BCUT2D eigenvalue weighted by Crippen LogP contribution is 2.26. The molecule has 2 heterocycles. The minimum atomic E-state index is -1.07. The first kappa shape index (κ1) is 13.7. The van der Waals surface area contributed by atoms with Crippen LogP contribution in [0.15, 0.2) is 12.4 Å². The Labute approximate surface area is 112 Å². The molecule has 2 rings (SSSR count). The van der Waals surface area contributed by atoms with E-state index in [0.717, 1.165) is 19.6 Å². The number of carboxylic acid groups (broad SMARTS) is 1. The Morgan fingerprint density at radius 2 is 2.32 bits per heavy atom. The average molecular weight is 265 g/mol. The maximum Gasteiger partial charge on any atom is 0.356 e. The summed E-state index contributed by atoms with van der Waals surface area (Å²) in [4.78, 5) is 18.5. The van der Waals surface area contributed by atoms with Crippen LogP contribution in [0.25, 0.3) is 0 Å². The van der Waals surface area contributed by atoms with Crippen LogP contribution in [-0.4, -0.2) is 40.3 Å². The third-order valence-electron chi connectivity index (χ3n) is 3.34. The van der Waals surface area contributed by atoms with E-state index in [0.29, 0.717) is 17.7 Å². The van der Waals surface area contributed by atoms with Gasteiger partial charge in [-0.25, -0.2) is 14.8 Å². The molecule has 6 heteroatoms. The van der Waals surface area contributed by atoms with E-state index in [1.807, 2.05) is 0 Å². The molecule has 6 nitrogen and oxygen atoms in total. The lowest BCUT2D eigenvalue weighted by molar-refractivity contribution is 0.0566. The van der Waals surface area contributed by atoms with Crippen LogP contribution in [0.1, 0.15) is 30.8 Å². The minimum Gasteiger partial charge on any atom is -0.476 e. The molecule has 1 aromatic heterocycles. The zero-order chi connectivity index (χ0) is 13.8. The first-order chi connectivity index (χ1) is 9.08. The van der Waals surface area contributed by atoms with E-state index in [1.54, 1.807) is 0 Å². The highest BCUT2D eigenvalue weighted by molar-refractivity contribution is 5.84. The normalized spacial score (nSPS) is 22.7. The monoisotopic (exact) mass is 265 g/mol. The van der Waals surface area contributed by atoms with Crippen molar-refractivity contribution in [2.75, 3.05) is 18.5 Å². The molecule has 19 heavy (non-hydrogen) atoms. The summed E-state index contributed by atoms with van der Waals surface area (Å²) in [6.45, 7) is 5.89. The largest absolute Gasteiger partial charge is 0.476 e. The maximum absolute atomic E-state index is 10.7. The van der Waals surface area contributed by atoms with Crippen molar-refractivity contribution in [2.24, 2.45) is 11.8 Å². The third-order valence-corrected chi connectivity index (χ3v) is 3.34. The van der Waals surface area contributed by atoms with Crippen LogP contribution in [0.5, 0.6) is 0 Å². The van der Waals surface area contributed by atoms with Gasteiger partial charge in [-0.05, 0) is 12.3 Å². The minimum absolute atomic E-state index is 0.0465. The summed E-state index contributed by atoms with van der Waals surface area (Å²) in [7, 11) is 0. The first-order valence-corrected chi connectivity index (χ1v) is 6.48. The Kier molecular flexibility index (Phi) is 4.31. The molecule has 1 aliphatic rings. The summed E-state index contributed by atoms with van der Waals surface area (Å²) in [5.74, 6) is 0.484. The highest BCUT2D eigenvalue weighted by Gasteiger charge is 2.30. The molecule has 0 radical (unpaired) electrons. The molecular weight excluding hydrogens is 246 g/mol. The topological polar surface area (TPSA) is 84.3 Å². The molecule has 1 saturated heterocycles. The van der Waals surface area contributed by atoms with E-state index in [1.165, 1.54) is 12.4 Å². The number of ether oxygens (including phenoxy) is 1. The molecule has 2 N–H and O–H groups in total. The number of carboxylic acids is 1. The first-order valence-electron chi connectivity index (χ1n) is 6.48. The van der Waals surface area contributed by atoms with Gasteiger partial charge in [0.05, 0.1) is 18.5 Å². The molecule has 2 atom stereocenters. The molecule has 1 aromatic rings. The summed E-state index contributed by atoms with van der Waals surface area (Å²) >= 11 is 0. The smallest absolute Gasteiger partial charge is 0.356 e. The number of aromatic carboxylic acids is 1. The van der Waals surface area contributed by atoms with Crippen LogP contribution < -0.4 is 5.32 Å². The van der Waals surface area contributed by atoms with Gasteiger partial charge in [0.2, 0.25) is 0 Å². The second-order valence-corrected chi connectivity index (χ2v) is 5.10. The van der Waals surface area contributed by atoms with Crippen molar-refractivity contribution < 1.29 is 14.6 Å². The molecule has 1 aliphatic heterocycles. The molecule has 0 spiro atoms. The quantitative estimate of drug-likeness (QED) is 0.842. The number of nitrogens with one attached hydrogen (secondary N) is 1. The van der Waals surface area contributed by atoms with Crippen LogP contribution in [0.3, 0.4) is 0 Å². The van der Waals surface area contributed by atoms with Gasteiger partial charge in [-0.2, -0.15) is 0 Å². The molecule has 104 valence electrons. The fraction of sp³-hybridized carbons (Fsp3) is 0.615. The number of anilines is 1. The fourth-order valence-corrected chi connectivity index (χ4v) is 2.38. The van der Waals surface area contributed by atoms with Gasteiger partial charge in [0.25, 0.3) is 0 Å². The maximum atomic E-state index is 10.7.